The summed E-state index contributed by atoms with van der Waals surface area (Å²) in [5, 5.41) is 21.8. The Labute approximate surface area is 163 Å². The lowest BCUT2D eigenvalue weighted by Crippen LogP contribution is -2.13. The fourth-order valence-electron chi connectivity index (χ4n) is 2.21. The number of aromatic nitrogens is 5. The first-order chi connectivity index (χ1) is 12.6. The van der Waals surface area contributed by atoms with E-state index in [9.17, 15) is 4.79 Å². The van der Waals surface area contributed by atoms with Gasteiger partial charge in [0.15, 0.2) is 0 Å². The maximum Gasteiger partial charge on any atom is 0.230 e. The third kappa shape index (κ3) is 5.78. The van der Waals surface area contributed by atoms with Gasteiger partial charge in [0.05, 0.1) is 6.42 Å². The monoisotopic (exact) mass is 409 g/mol. The smallest absolute Gasteiger partial charge is 0.230 e. The molecule has 3 heterocycles. The number of nitrogens with two attached hydrogens (primary N) is 1. The zero-order valence-electron chi connectivity index (χ0n) is 14.2. The molecule has 1 amide bonds. The quantitative estimate of drug-likeness (QED) is 0.520. The van der Waals surface area contributed by atoms with Crippen LogP contribution in [0.15, 0.2) is 18.5 Å². The minimum absolute atomic E-state index is 0.0791. The summed E-state index contributed by atoms with van der Waals surface area (Å²) < 4.78 is 1.92. The molecule has 0 fully saturated rings. The average Bonchev–Trinajstić information content (AvgIpc) is 3.30. The van der Waals surface area contributed by atoms with Crippen molar-refractivity contribution in [1.82, 2.24) is 25.0 Å². The number of nitrogens with one attached hydrogen (secondary N) is 1. The third-order valence-electron chi connectivity index (χ3n) is 3.37. The van der Waals surface area contributed by atoms with E-state index >= 15 is 0 Å². The maximum absolute atomic E-state index is 12.0. The van der Waals surface area contributed by atoms with Crippen LogP contribution in [-0.2, 0) is 31.1 Å². The molecule has 0 radical (unpaired) electrons. The van der Waals surface area contributed by atoms with Crippen molar-refractivity contribution in [2.24, 2.45) is 7.05 Å². The molecular weight excluding hydrogens is 390 g/mol. The number of hydrogen-bond acceptors (Lipinski definition) is 9. The Morgan fingerprint density at radius 3 is 2.58 bits per heavy atom. The van der Waals surface area contributed by atoms with Crippen molar-refractivity contribution in [3.05, 3.63) is 34.0 Å². The SMILES string of the molecule is Cn1ccc(CC(=O)Nc2nnc(CCSCCc3nnc(N)s3)s2)c1. The molecule has 0 saturated heterocycles. The number of aryl methyl sites for hydroxylation is 3. The van der Waals surface area contributed by atoms with E-state index < -0.39 is 0 Å². The normalized spacial score (nSPS) is 11.0. The van der Waals surface area contributed by atoms with Crippen molar-refractivity contribution in [3.63, 3.8) is 0 Å². The summed E-state index contributed by atoms with van der Waals surface area (Å²) in [5.41, 5.74) is 6.53. The van der Waals surface area contributed by atoms with Crippen molar-refractivity contribution in [2.45, 2.75) is 19.3 Å². The van der Waals surface area contributed by atoms with Crippen LogP contribution in [0.3, 0.4) is 0 Å². The lowest BCUT2D eigenvalue weighted by Gasteiger charge is -1.99. The average molecular weight is 410 g/mol. The van der Waals surface area contributed by atoms with Gasteiger partial charge in [0.1, 0.15) is 10.0 Å². The molecule has 0 bridgehead atoms. The molecule has 3 rings (SSSR count). The molecule has 0 aliphatic rings. The van der Waals surface area contributed by atoms with Crippen LogP contribution in [0.5, 0.6) is 0 Å². The van der Waals surface area contributed by atoms with Crippen LogP contribution in [0, 0.1) is 0 Å². The Morgan fingerprint density at radius 1 is 1.19 bits per heavy atom. The van der Waals surface area contributed by atoms with E-state index in [1.54, 1.807) is 0 Å². The second kappa shape index (κ2) is 9.10. The van der Waals surface area contributed by atoms with E-state index in [1.807, 2.05) is 41.8 Å². The van der Waals surface area contributed by atoms with Gasteiger partial charge in [0.2, 0.25) is 16.2 Å². The van der Waals surface area contributed by atoms with E-state index in [2.05, 4.69) is 25.7 Å². The summed E-state index contributed by atoms with van der Waals surface area (Å²) >= 11 is 4.69. The van der Waals surface area contributed by atoms with Gasteiger partial charge in [-0.3, -0.25) is 4.79 Å². The van der Waals surface area contributed by atoms with Gasteiger partial charge in [-0.15, -0.1) is 20.4 Å². The van der Waals surface area contributed by atoms with Crippen LogP contribution in [-0.4, -0.2) is 42.4 Å². The Kier molecular flexibility index (Phi) is 6.58. The van der Waals surface area contributed by atoms with Gasteiger partial charge < -0.3 is 15.6 Å². The fourth-order valence-corrected chi connectivity index (χ4v) is 4.71. The summed E-state index contributed by atoms with van der Waals surface area (Å²) in [6, 6.07) is 1.93. The zero-order valence-corrected chi connectivity index (χ0v) is 16.7. The number of rotatable bonds is 9. The first kappa shape index (κ1) is 18.8. The molecule has 0 aromatic carbocycles. The van der Waals surface area contributed by atoms with Gasteiger partial charge in [0, 0.05) is 32.3 Å². The van der Waals surface area contributed by atoms with Crippen molar-refractivity contribution in [1.29, 1.82) is 0 Å². The third-order valence-corrected chi connectivity index (χ3v) is 6.07. The minimum atomic E-state index is -0.0791. The van der Waals surface area contributed by atoms with E-state index in [0.717, 1.165) is 39.9 Å². The van der Waals surface area contributed by atoms with Gasteiger partial charge >= 0.3 is 0 Å². The Morgan fingerprint density at radius 2 is 1.92 bits per heavy atom. The fraction of sp³-hybridized carbons (Fsp3) is 0.400. The van der Waals surface area contributed by atoms with E-state index in [4.69, 9.17) is 5.73 Å². The highest BCUT2D eigenvalue weighted by Crippen LogP contribution is 2.19. The van der Waals surface area contributed by atoms with Gasteiger partial charge in [0.25, 0.3) is 0 Å². The topological polar surface area (TPSA) is 112 Å². The predicted octanol–water partition coefficient (Wildman–Crippen LogP) is 2.01. The Hall–Kier alpha value is -1.98. The number of nitrogens with zero attached hydrogens (tertiary/aromatic N) is 5. The first-order valence-corrected chi connectivity index (χ1v) is 10.8. The number of carbonyl (C=O) groups excluding carboxylic acids is 1. The predicted molar refractivity (Wildman–Crippen MR) is 107 cm³/mol. The molecule has 138 valence electrons. The highest BCUT2D eigenvalue weighted by Gasteiger charge is 2.10. The molecule has 26 heavy (non-hydrogen) atoms. The summed E-state index contributed by atoms with van der Waals surface area (Å²) in [4.78, 5) is 12.0. The second-order valence-corrected chi connectivity index (χ2v) is 8.94. The zero-order chi connectivity index (χ0) is 18.4. The lowest BCUT2D eigenvalue weighted by molar-refractivity contribution is -0.115. The lowest BCUT2D eigenvalue weighted by atomic mass is 10.2. The number of nitrogen functional groups attached to an aromatic ring is 1. The summed E-state index contributed by atoms with van der Waals surface area (Å²) in [7, 11) is 1.93. The van der Waals surface area contributed by atoms with E-state index in [0.29, 0.717) is 16.7 Å². The molecule has 0 aliphatic heterocycles. The number of anilines is 2. The van der Waals surface area contributed by atoms with Crippen LogP contribution in [0.1, 0.15) is 15.6 Å². The van der Waals surface area contributed by atoms with Gasteiger partial charge in [-0.2, -0.15) is 11.8 Å². The van der Waals surface area contributed by atoms with Gasteiger partial charge in [-0.1, -0.05) is 22.7 Å². The highest BCUT2D eigenvalue weighted by molar-refractivity contribution is 7.99. The van der Waals surface area contributed by atoms with E-state index in [-0.39, 0.29) is 5.91 Å². The molecule has 0 aliphatic carbocycles. The van der Waals surface area contributed by atoms with Crippen LogP contribution < -0.4 is 11.1 Å². The maximum atomic E-state index is 12.0. The van der Waals surface area contributed by atoms with Crippen LogP contribution in [0.25, 0.3) is 0 Å². The number of thioether (sulfide) groups is 1. The van der Waals surface area contributed by atoms with Crippen LogP contribution in [0.2, 0.25) is 0 Å². The first-order valence-electron chi connectivity index (χ1n) is 7.97. The van der Waals surface area contributed by atoms with Crippen LogP contribution in [0.4, 0.5) is 10.3 Å². The largest absolute Gasteiger partial charge is 0.374 e. The molecule has 11 heteroatoms. The van der Waals surface area contributed by atoms with Crippen LogP contribution >= 0.6 is 34.4 Å². The Bertz CT molecular complexity index is 857. The summed E-state index contributed by atoms with van der Waals surface area (Å²) in [5.74, 6) is 1.83. The molecule has 8 nitrogen and oxygen atoms in total. The molecular formula is C15H19N7OS3. The molecule has 3 N–H and O–H groups in total. The molecule has 0 saturated carbocycles. The summed E-state index contributed by atoms with van der Waals surface area (Å²) in [6.07, 6.45) is 5.88. The molecule has 0 unspecified atom stereocenters. The van der Waals surface area contributed by atoms with E-state index in [1.165, 1.54) is 22.7 Å². The van der Waals surface area contributed by atoms with Gasteiger partial charge in [-0.05, 0) is 23.1 Å². The molecule has 0 spiro atoms. The highest BCUT2D eigenvalue weighted by atomic mass is 32.2. The molecule has 3 aromatic rings. The second-order valence-electron chi connectivity index (χ2n) is 5.56. The van der Waals surface area contributed by atoms with Crippen molar-refractivity contribution < 1.29 is 4.79 Å². The number of carbonyl (C=O) groups is 1. The standard InChI is InChI=1S/C15H19N7OS3/c1-22-5-2-10(9-22)8-11(23)17-15-21-19-13(26-15)4-7-24-6-3-12-18-20-14(16)25-12/h2,5,9H,3-4,6-8H2,1H3,(H2,16,20)(H,17,21,23). The molecule has 0 atom stereocenters. The Balaban J connectivity index is 1.35. The van der Waals surface area contributed by atoms with Gasteiger partial charge in [-0.25, -0.2) is 0 Å². The number of amides is 1. The number of hydrogen-bond donors (Lipinski definition) is 2. The molecule has 3 aromatic heterocycles. The van der Waals surface area contributed by atoms with Crippen molar-refractivity contribution in [2.75, 3.05) is 22.6 Å². The minimum Gasteiger partial charge on any atom is -0.374 e. The summed E-state index contributed by atoms with van der Waals surface area (Å²) in [6.45, 7) is 0. The van der Waals surface area contributed by atoms with Crippen molar-refractivity contribution >= 4 is 50.6 Å². The van der Waals surface area contributed by atoms with Crippen molar-refractivity contribution in [3.8, 4) is 0 Å².